The molecule has 0 unspecified atom stereocenters. The SMILES string of the molecule is CCC=[SiH2].[O]=[Ti]. The first kappa shape index (κ1) is 9.78. The van der Waals surface area contributed by atoms with Crippen molar-refractivity contribution >= 4 is 15.5 Å². The van der Waals surface area contributed by atoms with E-state index < -0.39 is 0 Å². The van der Waals surface area contributed by atoms with Gasteiger partial charge in [-0.2, -0.15) is 0 Å². The molecule has 0 rings (SSSR count). The molecule has 0 aromatic carbocycles. The van der Waals surface area contributed by atoms with Crippen molar-refractivity contribution in [2.24, 2.45) is 0 Å². The second-order valence-corrected chi connectivity index (χ2v) is 1.27. The zero-order chi connectivity index (χ0) is 5.41. The first-order valence-corrected chi connectivity index (χ1v) is 3.18. The molecule has 0 bridgehead atoms. The van der Waals surface area contributed by atoms with E-state index in [2.05, 4.69) is 12.6 Å². The predicted octanol–water partition coefficient (Wildman–Crippen LogP) is -0.290. The van der Waals surface area contributed by atoms with E-state index in [4.69, 9.17) is 3.32 Å². The minimum atomic E-state index is 0.750. The van der Waals surface area contributed by atoms with Crippen molar-refractivity contribution in [3.05, 3.63) is 0 Å². The minimum absolute atomic E-state index is 0.750. The van der Waals surface area contributed by atoms with E-state index in [0.29, 0.717) is 0 Å². The number of rotatable bonds is 1. The van der Waals surface area contributed by atoms with Crippen molar-refractivity contribution < 1.29 is 23.7 Å². The van der Waals surface area contributed by atoms with Gasteiger partial charge < -0.3 is 0 Å². The van der Waals surface area contributed by atoms with Crippen LogP contribution in [0.2, 0.25) is 0 Å². The maximum absolute atomic E-state index is 8.25. The molecule has 0 aliphatic carbocycles. The summed E-state index contributed by atoms with van der Waals surface area (Å²) in [5, 5.41) is 0. The van der Waals surface area contributed by atoms with E-state index in [-0.39, 0.29) is 0 Å². The Morgan fingerprint density at radius 3 is 2.00 bits per heavy atom. The van der Waals surface area contributed by atoms with Gasteiger partial charge in [0.15, 0.2) is 0 Å². The standard InChI is InChI=1S/C3H8Si.O.Ti/c1-2-3-4;;/h3H,2,4H2,1H3;;. The Kier molecular flexibility index (Phi) is 28.6. The van der Waals surface area contributed by atoms with E-state index in [1.54, 1.807) is 0 Å². The summed E-state index contributed by atoms with van der Waals surface area (Å²) in [7, 11) is 1.90. The molecule has 0 atom stereocenters. The molecular weight excluding hydrogens is 128 g/mol. The molecule has 0 aromatic rings. The third kappa shape index (κ3) is 23.3. The number of hydrogen-bond acceptors (Lipinski definition) is 1. The molecule has 0 radical (unpaired) electrons. The molecule has 3 heteroatoms. The first-order valence-electron chi connectivity index (χ1n) is 1.73. The topological polar surface area (TPSA) is 17.1 Å². The third-order valence-corrected chi connectivity index (χ3v) is 0.866. The van der Waals surface area contributed by atoms with Crippen molar-refractivity contribution in [2.75, 3.05) is 0 Å². The van der Waals surface area contributed by atoms with Gasteiger partial charge in [0.25, 0.3) is 0 Å². The summed E-state index contributed by atoms with van der Waals surface area (Å²) >= 11 is 0.750. The third-order valence-electron chi connectivity index (χ3n) is 0.289. The van der Waals surface area contributed by atoms with Crippen LogP contribution in [0.4, 0.5) is 0 Å². The quantitative estimate of drug-likeness (QED) is 0.453. The summed E-state index contributed by atoms with van der Waals surface area (Å²) < 4.78 is 8.25. The molecule has 0 fully saturated rings. The van der Waals surface area contributed by atoms with Gasteiger partial charge in [-0.1, -0.05) is 6.92 Å². The zero-order valence-electron chi connectivity index (χ0n) is 3.90. The molecule has 1 nitrogen and oxygen atoms in total. The maximum atomic E-state index is 8.25. The van der Waals surface area contributed by atoms with E-state index in [1.165, 1.54) is 6.42 Å². The average Bonchev–Trinajstić information content (AvgIpc) is 1.72. The molecule has 34 valence electrons. The van der Waals surface area contributed by atoms with Crippen LogP contribution < -0.4 is 0 Å². The fourth-order valence-corrected chi connectivity index (χ4v) is 0. The van der Waals surface area contributed by atoms with Gasteiger partial charge >= 0.3 is 23.7 Å². The Labute approximate surface area is 52.9 Å². The van der Waals surface area contributed by atoms with Crippen LogP contribution in [0.15, 0.2) is 0 Å². The number of hydrogen-bond donors (Lipinski definition) is 0. The molecule has 0 aliphatic heterocycles. The van der Waals surface area contributed by atoms with Crippen LogP contribution in [-0.4, -0.2) is 15.5 Å². The summed E-state index contributed by atoms with van der Waals surface area (Å²) in [5.41, 5.74) is 2.15. The van der Waals surface area contributed by atoms with Crippen molar-refractivity contribution in [3.8, 4) is 0 Å². The van der Waals surface area contributed by atoms with Gasteiger partial charge in [-0.25, -0.2) is 0 Å². The Balaban J connectivity index is 0. The van der Waals surface area contributed by atoms with Crippen molar-refractivity contribution in [1.29, 1.82) is 0 Å². The molecule has 0 N–H and O–H groups in total. The van der Waals surface area contributed by atoms with Crippen molar-refractivity contribution in [2.45, 2.75) is 13.3 Å². The Morgan fingerprint density at radius 1 is 1.83 bits per heavy atom. The Hall–Kier alpha value is 0.601. The molecule has 0 aromatic heterocycles. The van der Waals surface area contributed by atoms with Crippen molar-refractivity contribution in [1.82, 2.24) is 0 Å². The van der Waals surface area contributed by atoms with E-state index >= 15 is 0 Å². The first-order chi connectivity index (χ1) is 2.91. The zero-order valence-corrected chi connectivity index (χ0v) is 6.88. The van der Waals surface area contributed by atoms with Gasteiger partial charge in [-0.15, -0.1) is 5.67 Å². The van der Waals surface area contributed by atoms with Gasteiger partial charge in [-0.05, 0) is 16.3 Å². The van der Waals surface area contributed by atoms with Crippen LogP contribution in [-0.2, 0) is 23.7 Å². The Morgan fingerprint density at radius 2 is 2.00 bits per heavy atom. The van der Waals surface area contributed by atoms with E-state index in [1.807, 2.05) is 9.85 Å². The van der Waals surface area contributed by atoms with Crippen LogP contribution in [0.1, 0.15) is 13.3 Å². The summed E-state index contributed by atoms with van der Waals surface area (Å²) in [6.45, 7) is 2.13. The predicted molar refractivity (Wildman–Crippen MR) is 25.6 cm³/mol. The molecule has 0 spiro atoms. The van der Waals surface area contributed by atoms with Crippen LogP contribution in [0.3, 0.4) is 0 Å². The normalized spacial score (nSPS) is 4.67. The van der Waals surface area contributed by atoms with Gasteiger partial charge in [0.2, 0.25) is 0 Å². The van der Waals surface area contributed by atoms with Crippen LogP contribution >= 0.6 is 0 Å². The monoisotopic (exact) mass is 136 g/mol. The van der Waals surface area contributed by atoms with Crippen LogP contribution in [0.25, 0.3) is 0 Å². The summed E-state index contributed by atoms with van der Waals surface area (Å²) in [4.78, 5) is 0. The second-order valence-electron chi connectivity index (χ2n) is 0.697. The van der Waals surface area contributed by atoms with Gasteiger partial charge in [0.1, 0.15) is 0 Å². The molecule has 0 amide bonds. The van der Waals surface area contributed by atoms with Gasteiger partial charge in [0, 0.05) is 0 Å². The molecular formula is C3H8OSiTi. The van der Waals surface area contributed by atoms with E-state index in [0.717, 1.165) is 20.4 Å². The fraction of sp³-hybridized carbons (Fsp3) is 0.667. The second kappa shape index (κ2) is 17.5. The van der Waals surface area contributed by atoms with Gasteiger partial charge in [-0.3, -0.25) is 0 Å². The fourth-order valence-electron chi connectivity index (χ4n) is 0. The Bertz CT molecular complexity index is 32.0. The summed E-state index contributed by atoms with van der Waals surface area (Å²) in [5.74, 6) is 0. The molecule has 0 heterocycles. The van der Waals surface area contributed by atoms with Crippen LogP contribution in [0.5, 0.6) is 0 Å². The molecule has 6 heavy (non-hydrogen) atoms. The molecule has 0 aliphatic rings. The molecule has 0 saturated heterocycles. The summed E-state index contributed by atoms with van der Waals surface area (Å²) in [6.07, 6.45) is 1.21. The van der Waals surface area contributed by atoms with Crippen molar-refractivity contribution in [3.63, 3.8) is 0 Å². The summed E-state index contributed by atoms with van der Waals surface area (Å²) in [6, 6.07) is 0. The van der Waals surface area contributed by atoms with Crippen LogP contribution in [0, 0.1) is 0 Å². The van der Waals surface area contributed by atoms with E-state index in [9.17, 15) is 0 Å². The van der Waals surface area contributed by atoms with Gasteiger partial charge in [0.05, 0.1) is 0 Å². The average molecular weight is 136 g/mol. The molecule has 0 saturated carbocycles.